The Morgan fingerprint density at radius 1 is 1.48 bits per heavy atom. The van der Waals surface area contributed by atoms with Crippen LogP contribution in [0.4, 0.5) is 0 Å². The van der Waals surface area contributed by atoms with Gasteiger partial charge in [-0.1, -0.05) is 30.0 Å². The van der Waals surface area contributed by atoms with E-state index in [1.165, 1.54) is 6.92 Å². The van der Waals surface area contributed by atoms with Crippen LogP contribution < -0.4 is 0 Å². The highest BCUT2D eigenvalue weighted by Crippen LogP contribution is 2.09. The highest BCUT2D eigenvalue weighted by Gasteiger charge is 2.18. The number of carbonyl (C=O) groups excluding carboxylic acids is 1. The fraction of sp³-hybridized carbons (Fsp3) is 0.294. The molecular weight excluding hydrogens is 280 g/mol. The number of Topliss-reactive ketones (excluding diaryl/α,β-unsaturated/α-hetero) is 1. The Hall–Kier alpha value is -2.08. The molecule has 1 aromatic carbocycles. The van der Waals surface area contributed by atoms with E-state index in [0.717, 1.165) is 24.3 Å². The lowest BCUT2D eigenvalue weighted by atomic mass is 10.0. The summed E-state index contributed by atoms with van der Waals surface area (Å²) in [6.07, 6.45) is 3.70. The quantitative estimate of drug-likeness (QED) is 0.147. The summed E-state index contributed by atoms with van der Waals surface area (Å²) < 4.78 is 0. The average molecular weight is 298 g/mol. The summed E-state index contributed by atoms with van der Waals surface area (Å²) in [5, 5.41) is 0. The van der Waals surface area contributed by atoms with E-state index in [1.54, 1.807) is 18.2 Å². The van der Waals surface area contributed by atoms with Gasteiger partial charge in [-0.25, -0.2) is 0 Å². The first-order valence-corrected chi connectivity index (χ1v) is 7.86. The van der Waals surface area contributed by atoms with E-state index in [0.29, 0.717) is 11.1 Å². The molecule has 108 valence electrons. The zero-order valence-electron chi connectivity index (χ0n) is 12.1. The molecule has 4 heteroatoms. The van der Waals surface area contributed by atoms with Gasteiger partial charge in [0.1, 0.15) is 0 Å². The Kier molecular flexibility index (Phi) is 7.89. The lowest BCUT2D eigenvalue weighted by molar-refractivity contribution is -0.00678. The second-order valence-corrected chi connectivity index (χ2v) is 5.48. The SMILES string of the molecule is C=CCSCCCC#Cc1ccccc1C(=O)C(C)=[N+]=[N-]. The molecule has 0 bridgehead atoms. The van der Waals surface area contributed by atoms with Gasteiger partial charge < -0.3 is 5.53 Å². The van der Waals surface area contributed by atoms with Gasteiger partial charge in [0.25, 0.3) is 5.78 Å². The molecule has 0 radical (unpaired) electrons. The molecule has 0 aromatic heterocycles. The van der Waals surface area contributed by atoms with Crippen LogP contribution in [-0.4, -0.2) is 27.8 Å². The highest BCUT2D eigenvalue weighted by molar-refractivity contribution is 7.99. The molecule has 1 rings (SSSR count). The van der Waals surface area contributed by atoms with Crippen molar-refractivity contribution in [2.75, 3.05) is 11.5 Å². The summed E-state index contributed by atoms with van der Waals surface area (Å²) in [5.41, 5.74) is 9.90. The van der Waals surface area contributed by atoms with Crippen molar-refractivity contribution in [1.82, 2.24) is 0 Å². The zero-order valence-corrected chi connectivity index (χ0v) is 12.9. The van der Waals surface area contributed by atoms with Crippen LogP contribution in [0.2, 0.25) is 0 Å². The number of hydrogen-bond acceptors (Lipinski definition) is 2. The predicted octanol–water partition coefficient (Wildman–Crippen LogP) is 3.61. The van der Waals surface area contributed by atoms with Gasteiger partial charge in [0, 0.05) is 30.2 Å². The minimum Gasteiger partial charge on any atom is -0.361 e. The Morgan fingerprint density at radius 2 is 2.24 bits per heavy atom. The van der Waals surface area contributed by atoms with Crippen LogP contribution in [0.15, 0.2) is 36.9 Å². The van der Waals surface area contributed by atoms with Crippen LogP contribution in [0.3, 0.4) is 0 Å². The first kappa shape index (κ1) is 17.0. The Labute approximate surface area is 130 Å². The van der Waals surface area contributed by atoms with Crippen molar-refractivity contribution in [3.05, 3.63) is 53.6 Å². The molecule has 0 N–H and O–H groups in total. The van der Waals surface area contributed by atoms with Crippen molar-refractivity contribution < 1.29 is 9.58 Å². The summed E-state index contributed by atoms with van der Waals surface area (Å²) in [7, 11) is 0. The molecule has 1 aromatic rings. The van der Waals surface area contributed by atoms with Gasteiger partial charge in [-0.15, -0.1) is 6.58 Å². The van der Waals surface area contributed by atoms with Gasteiger partial charge in [-0.05, 0) is 24.3 Å². The van der Waals surface area contributed by atoms with Crippen LogP contribution in [0.1, 0.15) is 35.7 Å². The van der Waals surface area contributed by atoms with E-state index in [1.807, 2.05) is 23.9 Å². The third-order valence-corrected chi connectivity index (χ3v) is 3.75. The predicted molar refractivity (Wildman–Crippen MR) is 88.7 cm³/mol. The number of unbranched alkanes of at least 4 members (excludes halogenated alkanes) is 1. The van der Waals surface area contributed by atoms with E-state index >= 15 is 0 Å². The standard InChI is InChI=1S/C17H18N2OS/c1-3-12-21-13-8-4-5-9-15-10-6-7-11-16(15)17(20)14(2)19-18/h3,6-7,10-11H,1,4,8,12-13H2,2H3. The molecule has 0 heterocycles. The number of rotatable bonds is 7. The number of carbonyl (C=O) groups is 1. The van der Waals surface area contributed by atoms with E-state index in [-0.39, 0.29) is 11.5 Å². The zero-order chi connectivity index (χ0) is 15.5. The Morgan fingerprint density at radius 3 is 2.95 bits per heavy atom. The number of ketones is 1. The van der Waals surface area contributed by atoms with E-state index in [2.05, 4.69) is 23.2 Å². The van der Waals surface area contributed by atoms with Crippen molar-refractivity contribution in [1.29, 1.82) is 0 Å². The van der Waals surface area contributed by atoms with Crippen LogP contribution in [-0.2, 0) is 0 Å². The molecule has 0 aliphatic carbocycles. The molecule has 3 nitrogen and oxygen atoms in total. The number of benzene rings is 1. The van der Waals surface area contributed by atoms with E-state index in [4.69, 9.17) is 5.53 Å². The van der Waals surface area contributed by atoms with E-state index in [9.17, 15) is 4.79 Å². The molecule has 0 unspecified atom stereocenters. The van der Waals surface area contributed by atoms with Crippen LogP contribution in [0.25, 0.3) is 5.53 Å². The lowest BCUT2D eigenvalue weighted by Crippen LogP contribution is -2.12. The maximum atomic E-state index is 12.0. The molecule has 0 saturated heterocycles. The first-order valence-electron chi connectivity index (χ1n) is 6.70. The molecule has 0 aliphatic rings. The van der Waals surface area contributed by atoms with Gasteiger partial charge >= 0.3 is 5.71 Å². The second kappa shape index (κ2) is 9.77. The fourth-order valence-electron chi connectivity index (χ4n) is 1.62. The third kappa shape index (κ3) is 5.83. The van der Waals surface area contributed by atoms with Gasteiger partial charge in [0.2, 0.25) is 0 Å². The number of hydrogen-bond donors (Lipinski definition) is 0. The lowest BCUT2D eigenvalue weighted by Gasteiger charge is -1.98. The van der Waals surface area contributed by atoms with Crippen molar-refractivity contribution in [3.63, 3.8) is 0 Å². The monoisotopic (exact) mass is 298 g/mol. The third-order valence-electron chi connectivity index (χ3n) is 2.70. The van der Waals surface area contributed by atoms with Crippen LogP contribution in [0, 0.1) is 11.8 Å². The molecule has 0 saturated carbocycles. The normalized spacial score (nSPS) is 9.19. The number of thioether (sulfide) groups is 1. The summed E-state index contributed by atoms with van der Waals surface area (Å²) in [4.78, 5) is 15.0. The average Bonchev–Trinajstić information content (AvgIpc) is 2.53. The van der Waals surface area contributed by atoms with Crippen molar-refractivity contribution in [2.24, 2.45) is 0 Å². The minimum absolute atomic E-state index is 0.0603. The first-order chi connectivity index (χ1) is 10.2. The number of nitrogens with zero attached hydrogens (tertiary/aromatic N) is 2. The molecule has 0 atom stereocenters. The van der Waals surface area contributed by atoms with Gasteiger partial charge in [-0.2, -0.15) is 16.6 Å². The minimum atomic E-state index is -0.302. The van der Waals surface area contributed by atoms with Crippen LogP contribution in [0.5, 0.6) is 0 Å². The molecule has 0 aliphatic heterocycles. The van der Waals surface area contributed by atoms with Crippen molar-refractivity contribution >= 4 is 23.3 Å². The summed E-state index contributed by atoms with van der Waals surface area (Å²) in [6, 6.07) is 7.11. The second-order valence-electron chi connectivity index (χ2n) is 4.33. The van der Waals surface area contributed by atoms with Gasteiger partial charge in [-0.3, -0.25) is 4.79 Å². The maximum Gasteiger partial charge on any atom is 0.336 e. The fourth-order valence-corrected chi connectivity index (χ4v) is 2.30. The molecule has 0 fully saturated rings. The Bertz CT molecular complexity index is 619. The maximum absolute atomic E-state index is 12.0. The van der Waals surface area contributed by atoms with Crippen LogP contribution >= 0.6 is 11.8 Å². The summed E-state index contributed by atoms with van der Waals surface area (Å²) >= 11 is 1.83. The Balaban J connectivity index is 2.70. The van der Waals surface area contributed by atoms with E-state index < -0.39 is 0 Å². The van der Waals surface area contributed by atoms with Crippen molar-refractivity contribution in [3.8, 4) is 11.8 Å². The summed E-state index contributed by atoms with van der Waals surface area (Å²) in [5.74, 6) is 7.83. The largest absolute Gasteiger partial charge is 0.361 e. The molecule has 21 heavy (non-hydrogen) atoms. The van der Waals surface area contributed by atoms with Gasteiger partial charge in [0.15, 0.2) is 0 Å². The van der Waals surface area contributed by atoms with Gasteiger partial charge in [0.05, 0.1) is 0 Å². The molecular formula is C17H18N2OS. The summed E-state index contributed by atoms with van der Waals surface area (Å²) in [6.45, 7) is 5.15. The topological polar surface area (TPSA) is 53.5 Å². The highest BCUT2D eigenvalue weighted by atomic mass is 32.2. The molecule has 0 spiro atoms. The van der Waals surface area contributed by atoms with Crippen molar-refractivity contribution in [2.45, 2.75) is 19.8 Å². The molecule has 0 amide bonds. The smallest absolute Gasteiger partial charge is 0.336 e.